The predicted molar refractivity (Wildman–Crippen MR) is 88.5 cm³/mol. The summed E-state index contributed by atoms with van der Waals surface area (Å²) in [6.07, 6.45) is 4.24. The number of nitrogens with one attached hydrogen (secondary N) is 1. The second-order valence-corrected chi connectivity index (χ2v) is 6.97. The predicted octanol–water partition coefficient (Wildman–Crippen LogP) is 2.95. The van der Waals surface area contributed by atoms with Crippen LogP contribution in [-0.4, -0.2) is 41.1 Å². The average Bonchev–Trinajstić information content (AvgIpc) is 3.25. The van der Waals surface area contributed by atoms with Crippen molar-refractivity contribution < 1.29 is 9.90 Å². The molecule has 0 aliphatic heterocycles. The van der Waals surface area contributed by atoms with Crippen molar-refractivity contribution >= 4 is 23.3 Å². The number of carbonyl (C=O) groups is 1. The van der Waals surface area contributed by atoms with Gasteiger partial charge in [0.1, 0.15) is 6.07 Å². The van der Waals surface area contributed by atoms with Gasteiger partial charge in [0.05, 0.1) is 17.8 Å². The lowest BCUT2D eigenvalue weighted by Gasteiger charge is -2.43. The van der Waals surface area contributed by atoms with Crippen molar-refractivity contribution in [2.75, 3.05) is 18.4 Å². The van der Waals surface area contributed by atoms with Crippen molar-refractivity contribution in [1.82, 2.24) is 4.90 Å². The third-order valence-electron chi connectivity index (χ3n) is 4.62. The highest BCUT2D eigenvalue weighted by Gasteiger charge is 2.37. The van der Waals surface area contributed by atoms with Crippen molar-refractivity contribution in [3.8, 4) is 6.07 Å². The summed E-state index contributed by atoms with van der Waals surface area (Å²) in [6.45, 7) is 1.01. The van der Waals surface area contributed by atoms with Crippen molar-refractivity contribution in [2.45, 2.75) is 37.8 Å². The largest absolute Gasteiger partial charge is 0.480 e. The second kappa shape index (κ2) is 6.77. The molecule has 122 valence electrons. The monoisotopic (exact) mass is 333 g/mol. The van der Waals surface area contributed by atoms with Gasteiger partial charge in [0.15, 0.2) is 0 Å². The van der Waals surface area contributed by atoms with E-state index in [1.807, 2.05) is 0 Å². The molecule has 0 unspecified atom stereocenters. The molecule has 0 spiro atoms. The molecule has 2 aliphatic rings. The number of rotatable bonds is 7. The standard InChI is InChI=1S/C17H20ClN3O2/c18-13-4-3-12(8-19)16(5-13)20-14-6-15(7-14)21(10-17(22)23)9-11-1-2-11/h3-5,11,14-15,20H,1-2,6-7,9-10H2,(H,22,23). The van der Waals surface area contributed by atoms with Gasteiger partial charge in [-0.15, -0.1) is 0 Å². The Kier molecular flexibility index (Phi) is 4.74. The third-order valence-corrected chi connectivity index (χ3v) is 4.85. The van der Waals surface area contributed by atoms with E-state index in [-0.39, 0.29) is 12.6 Å². The summed E-state index contributed by atoms with van der Waals surface area (Å²) < 4.78 is 0. The first-order chi connectivity index (χ1) is 11.0. The van der Waals surface area contributed by atoms with Crippen LogP contribution in [0.3, 0.4) is 0 Å². The molecule has 0 atom stereocenters. The summed E-state index contributed by atoms with van der Waals surface area (Å²) >= 11 is 6.00. The highest BCUT2D eigenvalue weighted by molar-refractivity contribution is 6.30. The Morgan fingerprint density at radius 1 is 1.43 bits per heavy atom. The van der Waals surface area contributed by atoms with Crippen LogP contribution >= 0.6 is 11.6 Å². The molecule has 0 amide bonds. The molecule has 0 bridgehead atoms. The van der Waals surface area contributed by atoms with Crippen LogP contribution in [0.1, 0.15) is 31.2 Å². The van der Waals surface area contributed by atoms with Crippen LogP contribution in [0.5, 0.6) is 0 Å². The highest BCUT2D eigenvalue weighted by atomic mass is 35.5. The van der Waals surface area contributed by atoms with E-state index >= 15 is 0 Å². The van der Waals surface area contributed by atoms with Crippen molar-refractivity contribution in [2.24, 2.45) is 5.92 Å². The molecular weight excluding hydrogens is 314 g/mol. The van der Waals surface area contributed by atoms with Crippen LogP contribution in [0, 0.1) is 17.2 Å². The Balaban J connectivity index is 1.56. The van der Waals surface area contributed by atoms with Gasteiger partial charge in [0.2, 0.25) is 0 Å². The molecule has 23 heavy (non-hydrogen) atoms. The number of nitrogens with zero attached hydrogens (tertiary/aromatic N) is 2. The summed E-state index contributed by atoms with van der Waals surface area (Å²) in [5, 5.41) is 22.2. The number of carboxylic acids is 1. The van der Waals surface area contributed by atoms with Crippen LogP contribution in [0.4, 0.5) is 5.69 Å². The average molecular weight is 334 g/mol. The molecule has 1 aromatic rings. The van der Waals surface area contributed by atoms with Crippen molar-refractivity contribution in [3.63, 3.8) is 0 Å². The van der Waals surface area contributed by atoms with Crippen LogP contribution < -0.4 is 5.32 Å². The van der Waals surface area contributed by atoms with E-state index in [2.05, 4.69) is 16.3 Å². The van der Waals surface area contributed by atoms with E-state index in [0.717, 1.165) is 25.1 Å². The van der Waals surface area contributed by atoms with Gasteiger partial charge in [-0.25, -0.2) is 0 Å². The van der Waals surface area contributed by atoms with E-state index in [4.69, 9.17) is 22.0 Å². The highest BCUT2D eigenvalue weighted by Crippen LogP contribution is 2.35. The minimum Gasteiger partial charge on any atom is -0.480 e. The van der Waals surface area contributed by atoms with Crippen LogP contribution in [0.25, 0.3) is 0 Å². The van der Waals surface area contributed by atoms with E-state index in [1.54, 1.807) is 18.2 Å². The molecule has 6 heteroatoms. The lowest BCUT2D eigenvalue weighted by Crippen LogP contribution is -2.52. The van der Waals surface area contributed by atoms with Crippen LogP contribution in [0.2, 0.25) is 5.02 Å². The fourth-order valence-corrected chi connectivity index (χ4v) is 3.28. The Labute approximate surface area is 140 Å². The zero-order valence-corrected chi connectivity index (χ0v) is 13.6. The summed E-state index contributed by atoms with van der Waals surface area (Å²) in [4.78, 5) is 13.1. The molecule has 2 N–H and O–H groups in total. The van der Waals surface area contributed by atoms with Crippen LogP contribution in [0.15, 0.2) is 18.2 Å². The molecule has 1 aromatic carbocycles. The minimum atomic E-state index is -0.760. The number of halogens is 1. The minimum absolute atomic E-state index is 0.120. The van der Waals surface area contributed by atoms with Crippen LogP contribution in [-0.2, 0) is 4.79 Å². The van der Waals surface area contributed by atoms with Gasteiger partial charge in [-0.3, -0.25) is 9.69 Å². The quantitative estimate of drug-likeness (QED) is 0.802. The zero-order valence-electron chi connectivity index (χ0n) is 12.8. The smallest absolute Gasteiger partial charge is 0.317 e. The first-order valence-corrected chi connectivity index (χ1v) is 8.35. The summed E-state index contributed by atoms with van der Waals surface area (Å²) in [7, 11) is 0. The van der Waals surface area contributed by atoms with Gasteiger partial charge in [0, 0.05) is 23.7 Å². The van der Waals surface area contributed by atoms with Gasteiger partial charge < -0.3 is 10.4 Å². The fourth-order valence-electron chi connectivity index (χ4n) is 3.11. The number of aliphatic carboxylic acids is 1. The summed E-state index contributed by atoms with van der Waals surface area (Å²) in [5.74, 6) is -0.0804. The van der Waals surface area contributed by atoms with Gasteiger partial charge in [-0.05, 0) is 49.8 Å². The molecule has 0 heterocycles. The fraction of sp³-hybridized carbons (Fsp3) is 0.529. The number of benzene rings is 1. The zero-order chi connectivity index (χ0) is 16.4. The van der Waals surface area contributed by atoms with Gasteiger partial charge >= 0.3 is 5.97 Å². The third kappa shape index (κ3) is 4.15. The van der Waals surface area contributed by atoms with E-state index < -0.39 is 5.97 Å². The molecule has 5 nitrogen and oxygen atoms in total. The number of hydrogen-bond donors (Lipinski definition) is 2. The molecule has 2 fully saturated rings. The maximum Gasteiger partial charge on any atom is 0.317 e. The molecule has 0 aromatic heterocycles. The number of carboxylic acid groups (broad SMARTS) is 1. The lowest BCUT2D eigenvalue weighted by atomic mass is 9.85. The van der Waals surface area contributed by atoms with E-state index in [0.29, 0.717) is 22.5 Å². The van der Waals surface area contributed by atoms with Gasteiger partial charge in [-0.1, -0.05) is 11.6 Å². The molecular formula is C17H20ClN3O2. The topological polar surface area (TPSA) is 76.4 Å². The number of anilines is 1. The number of hydrogen-bond acceptors (Lipinski definition) is 4. The van der Waals surface area contributed by atoms with Gasteiger partial charge in [0.25, 0.3) is 0 Å². The summed E-state index contributed by atoms with van der Waals surface area (Å²) in [5.41, 5.74) is 1.34. The Morgan fingerprint density at radius 3 is 2.78 bits per heavy atom. The number of nitriles is 1. The van der Waals surface area contributed by atoms with Crippen molar-refractivity contribution in [1.29, 1.82) is 5.26 Å². The maximum atomic E-state index is 11.0. The van der Waals surface area contributed by atoms with E-state index in [9.17, 15) is 4.79 Å². The molecule has 2 saturated carbocycles. The SMILES string of the molecule is N#Cc1ccc(Cl)cc1NC1CC(N(CC(=O)O)CC2CC2)C1. The Hall–Kier alpha value is -1.77. The summed E-state index contributed by atoms with van der Waals surface area (Å²) in [6, 6.07) is 7.93. The van der Waals surface area contributed by atoms with Crippen molar-refractivity contribution in [3.05, 3.63) is 28.8 Å². The normalized spacial score (nSPS) is 23.2. The van der Waals surface area contributed by atoms with E-state index in [1.165, 1.54) is 12.8 Å². The molecule has 0 radical (unpaired) electrons. The maximum absolute atomic E-state index is 11.0. The molecule has 2 aliphatic carbocycles. The first-order valence-electron chi connectivity index (χ1n) is 7.97. The molecule has 0 saturated heterocycles. The lowest BCUT2D eigenvalue weighted by molar-refractivity contribution is -0.139. The Bertz CT molecular complexity index is 633. The second-order valence-electron chi connectivity index (χ2n) is 6.53. The first kappa shape index (κ1) is 16.1. The molecule has 3 rings (SSSR count). The Morgan fingerprint density at radius 2 is 2.17 bits per heavy atom. The van der Waals surface area contributed by atoms with Gasteiger partial charge in [-0.2, -0.15) is 5.26 Å².